The van der Waals surface area contributed by atoms with Crippen LogP contribution in [0.4, 0.5) is 5.69 Å². The van der Waals surface area contributed by atoms with Crippen LogP contribution in [0.1, 0.15) is 33.1 Å². The van der Waals surface area contributed by atoms with Gasteiger partial charge < -0.3 is 31.6 Å². The Morgan fingerprint density at radius 3 is 1.91 bits per heavy atom. The van der Waals surface area contributed by atoms with E-state index in [1.54, 1.807) is 60.7 Å². The van der Waals surface area contributed by atoms with Gasteiger partial charge in [-0.1, -0.05) is 72.8 Å². The van der Waals surface area contributed by atoms with Crippen LogP contribution in [0.5, 0.6) is 17.2 Å². The Balaban J connectivity index is 1.29. The molecule has 5 rings (SSSR count). The lowest BCUT2D eigenvalue weighted by Crippen LogP contribution is -2.40. The van der Waals surface area contributed by atoms with Gasteiger partial charge in [-0.05, 0) is 77.4 Å². The molecule has 0 fully saturated rings. The fourth-order valence-corrected chi connectivity index (χ4v) is 4.44. The summed E-state index contributed by atoms with van der Waals surface area (Å²) in [6.45, 7) is 0.643. The molecule has 0 bridgehead atoms. The fraction of sp³-hybridized carbons (Fsp3) is 0.0833. The average Bonchev–Trinajstić information content (AvgIpc) is 3.07. The Labute approximate surface area is 261 Å². The number of aliphatic imine (C=N–C) groups is 1. The summed E-state index contributed by atoms with van der Waals surface area (Å²) in [5.41, 5.74) is 14.3. The second-order valence-corrected chi connectivity index (χ2v) is 10.1. The number of benzene rings is 5. The van der Waals surface area contributed by atoms with Crippen LogP contribution in [-0.4, -0.2) is 17.8 Å². The summed E-state index contributed by atoms with van der Waals surface area (Å²) >= 11 is 0. The molecule has 0 aliphatic carbocycles. The van der Waals surface area contributed by atoms with Crippen LogP contribution in [0, 0.1) is 0 Å². The summed E-state index contributed by atoms with van der Waals surface area (Å²) < 4.78 is 11.7. The van der Waals surface area contributed by atoms with Gasteiger partial charge in [0.15, 0.2) is 5.96 Å². The fourth-order valence-electron chi connectivity index (χ4n) is 4.44. The van der Waals surface area contributed by atoms with Gasteiger partial charge in [-0.3, -0.25) is 9.59 Å². The minimum Gasteiger partial charge on any atom is -0.489 e. The quantitative estimate of drug-likeness (QED) is 0.106. The highest BCUT2D eigenvalue weighted by molar-refractivity contribution is 5.98. The molecule has 5 aromatic rings. The van der Waals surface area contributed by atoms with Crippen molar-refractivity contribution in [3.63, 3.8) is 0 Å². The predicted octanol–water partition coefficient (Wildman–Crippen LogP) is 5.75. The second kappa shape index (κ2) is 14.9. The van der Waals surface area contributed by atoms with Crippen molar-refractivity contribution in [2.75, 3.05) is 0 Å². The molecule has 0 heterocycles. The molecule has 0 saturated heterocycles. The number of nitrogens with two attached hydrogens (primary N) is 2. The number of carbonyl (C=O) groups is 2. The molecule has 0 unspecified atom stereocenters. The molecule has 0 aliphatic rings. The normalized spacial score (nSPS) is 11.1. The number of ether oxygens (including phenoxy) is 2. The van der Waals surface area contributed by atoms with Gasteiger partial charge in [-0.2, -0.15) is 0 Å². The van der Waals surface area contributed by atoms with Gasteiger partial charge >= 0.3 is 0 Å². The van der Waals surface area contributed by atoms with E-state index in [2.05, 4.69) is 15.6 Å². The van der Waals surface area contributed by atoms with E-state index in [-0.39, 0.29) is 18.4 Å². The first-order chi connectivity index (χ1) is 21.9. The van der Waals surface area contributed by atoms with E-state index in [0.717, 1.165) is 11.1 Å². The standard InChI is InChI=1S/C36H33N5O4/c37-36(38)40-29-17-11-25(12-18-29)23-39-35(43)33(27-13-19-30(20-14-27)44-24-26-7-3-1-4-8-26)41-34(42)28-15-21-32(22-16-28)45-31-9-5-2-6-10-31/h1-22,33H,23-24H2,(H,39,43)(H,41,42)(H4,37,38,40)/t33-/m0/s1. The summed E-state index contributed by atoms with van der Waals surface area (Å²) in [7, 11) is 0. The number of nitrogens with one attached hydrogen (secondary N) is 2. The summed E-state index contributed by atoms with van der Waals surface area (Å²) in [5.74, 6) is 1.09. The van der Waals surface area contributed by atoms with E-state index >= 15 is 0 Å². The molecule has 0 aromatic heterocycles. The smallest absolute Gasteiger partial charge is 0.252 e. The number of carbonyl (C=O) groups excluding carboxylic acids is 2. The Morgan fingerprint density at radius 2 is 1.27 bits per heavy atom. The van der Waals surface area contributed by atoms with Crippen molar-refractivity contribution in [3.05, 3.63) is 156 Å². The lowest BCUT2D eigenvalue weighted by atomic mass is 10.0. The van der Waals surface area contributed by atoms with E-state index in [0.29, 0.717) is 40.7 Å². The van der Waals surface area contributed by atoms with E-state index in [1.165, 1.54) is 0 Å². The Bertz CT molecular complexity index is 1720. The van der Waals surface area contributed by atoms with E-state index in [1.807, 2.05) is 72.8 Å². The van der Waals surface area contributed by atoms with Crippen LogP contribution < -0.4 is 31.6 Å². The number of hydrogen-bond donors (Lipinski definition) is 4. The van der Waals surface area contributed by atoms with Crippen LogP contribution in [-0.2, 0) is 17.9 Å². The molecule has 5 aromatic carbocycles. The van der Waals surface area contributed by atoms with Crippen LogP contribution in [0.2, 0.25) is 0 Å². The summed E-state index contributed by atoms with van der Waals surface area (Å²) in [4.78, 5) is 30.9. The van der Waals surface area contributed by atoms with Crippen LogP contribution in [0.15, 0.2) is 138 Å². The molecule has 9 heteroatoms. The average molecular weight is 600 g/mol. The molecular formula is C36H33N5O4. The second-order valence-electron chi connectivity index (χ2n) is 10.1. The summed E-state index contributed by atoms with van der Waals surface area (Å²) in [6.07, 6.45) is 0. The summed E-state index contributed by atoms with van der Waals surface area (Å²) in [6, 6.07) is 39.2. The number of para-hydroxylation sites is 1. The number of hydrogen-bond acceptors (Lipinski definition) is 5. The number of nitrogens with zero attached hydrogens (tertiary/aromatic N) is 1. The van der Waals surface area contributed by atoms with Gasteiger partial charge in [-0.25, -0.2) is 4.99 Å². The zero-order valence-corrected chi connectivity index (χ0v) is 24.4. The highest BCUT2D eigenvalue weighted by Gasteiger charge is 2.23. The number of amides is 2. The maximum atomic E-state index is 13.5. The lowest BCUT2D eigenvalue weighted by Gasteiger charge is -2.20. The SMILES string of the molecule is NC(N)=Nc1ccc(CNC(=O)[C@@H](NC(=O)c2ccc(Oc3ccccc3)cc2)c2ccc(OCc3ccccc3)cc2)cc1. The molecule has 0 radical (unpaired) electrons. The minimum absolute atomic E-state index is 0.0375. The maximum absolute atomic E-state index is 13.5. The molecule has 6 N–H and O–H groups in total. The zero-order chi connectivity index (χ0) is 31.4. The first-order valence-electron chi connectivity index (χ1n) is 14.3. The van der Waals surface area contributed by atoms with E-state index in [9.17, 15) is 9.59 Å². The monoisotopic (exact) mass is 599 g/mol. The highest BCUT2D eigenvalue weighted by Crippen LogP contribution is 2.23. The van der Waals surface area contributed by atoms with Crippen molar-refractivity contribution in [2.24, 2.45) is 16.5 Å². The topological polar surface area (TPSA) is 141 Å². The molecule has 2 amide bonds. The lowest BCUT2D eigenvalue weighted by molar-refractivity contribution is -0.123. The molecular weight excluding hydrogens is 566 g/mol. The number of guanidine groups is 1. The summed E-state index contributed by atoms with van der Waals surface area (Å²) in [5, 5.41) is 5.81. The van der Waals surface area contributed by atoms with Crippen molar-refractivity contribution in [1.82, 2.24) is 10.6 Å². The van der Waals surface area contributed by atoms with Crippen molar-refractivity contribution < 1.29 is 19.1 Å². The molecule has 0 spiro atoms. The third-order valence-electron chi connectivity index (χ3n) is 6.76. The van der Waals surface area contributed by atoms with Crippen LogP contribution in [0.25, 0.3) is 0 Å². The predicted molar refractivity (Wildman–Crippen MR) is 174 cm³/mol. The van der Waals surface area contributed by atoms with E-state index in [4.69, 9.17) is 20.9 Å². The van der Waals surface area contributed by atoms with Crippen LogP contribution >= 0.6 is 0 Å². The molecule has 226 valence electrons. The Kier molecular flexibility index (Phi) is 10.0. The van der Waals surface area contributed by atoms with Gasteiger partial charge in [0, 0.05) is 12.1 Å². The minimum atomic E-state index is -0.971. The van der Waals surface area contributed by atoms with Gasteiger partial charge in [0.2, 0.25) is 5.91 Å². The third kappa shape index (κ3) is 8.95. The highest BCUT2D eigenvalue weighted by atomic mass is 16.5. The molecule has 9 nitrogen and oxygen atoms in total. The molecule has 45 heavy (non-hydrogen) atoms. The van der Waals surface area contributed by atoms with Gasteiger partial charge in [0.1, 0.15) is 29.9 Å². The van der Waals surface area contributed by atoms with E-state index < -0.39 is 11.9 Å². The first-order valence-corrected chi connectivity index (χ1v) is 14.3. The molecule has 0 saturated carbocycles. The first kappa shape index (κ1) is 30.4. The number of rotatable bonds is 12. The zero-order valence-electron chi connectivity index (χ0n) is 24.4. The van der Waals surface area contributed by atoms with Gasteiger partial charge in [0.05, 0.1) is 5.69 Å². The van der Waals surface area contributed by atoms with Crippen LogP contribution in [0.3, 0.4) is 0 Å². The van der Waals surface area contributed by atoms with Crippen molar-refractivity contribution in [1.29, 1.82) is 0 Å². The molecule has 1 atom stereocenters. The van der Waals surface area contributed by atoms with Gasteiger partial charge in [-0.15, -0.1) is 0 Å². The van der Waals surface area contributed by atoms with Crippen molar-refractivity contribution in [3.8, 4) is 17.2 Å². The Hall–Kier alpha value is -6.09. The van der Waals surface area contributed by atoms with Crippen molar-refractivity contribution in [2.45, 2.75) is 19.2 Å². The third-order valence-corrected chi connectivity index (χ3v) is 6.76. The van der Waals surface area contributed by atoms with Crippen molar-refractivity contribution >= 4 is 23.5 Å². The molecule has 0 aliphatic heterocycles. The largest absolute Gasteiger partial charge is 0.489 e. The van der Waals surface area contributed by atoms with Gasteiger partial charge in [0.25, 0.3) is 5.91 Å². The maximum Gasteiger partial charge on any atom is 0.252 e. The Morgan fingerprint density at radius 1 is 0.667 bits per heavy atom.